The number of aromatic nitrogens is 2. The van der Waals surface area contributed by atoms with Crippen molar-refractivity contribution < 1.29 is 9.13 Å². The summed E-state index contributed by atoms with van der Waals surface area (Å²) in [6.45, 7) is 7.89. The van der Waals surface area contributed by atoms with E-state index in [4.69, 9.17) is 4.74 Å². The average Bonchev–Trinajstić information content (AvgIpc) is 2.94. The van der Waals surface area contributed by atoms with Crippen molar-refractivity contribution in [3.8, 4) is 0 Å². The lowest BCUT2D eigenvalue weighted by atomic mass is 10.1. The fourth-order valence-corrected chi connectivity index (χ4v) is 3.37. The SMILES string of the molecule is CN=C(NCc1ccc(N2CCOCC2)c(F)c1)NCc1c(C)nn(C)c1C. The van der Waals surface area contributed by atoms with E-state index in [1.54, 1.807) is 13.1 Å². The number of nitrogens with one attached hydrogen (secondary N) is 2. The number of ether oxygens (including phenoxy) is 1. The Morgan fingerprint density at radius 1 is 1.21 bits per heavy atom. The molecule has 3 rings (SSSR count). The first-order valence-electron chi connectivity index (χ1n) is 9.54. The first kappa shape index (κ1) is 20.1. The minimum absolute atomic E-state index is 0.203. The molecule has 0 aliphatic carbocycles. The van der Waals surface area contributed by atoms with Gasteiger partial charge in [0.1, 0.15) is 5.82 Å². The number of halogens is 1. The molecular weight excluding hydrogens is 359 g/mol. The van der Waals surface area contributed by atoms with Crippen LogP contribution in [-0.2, 0) is 24.9 Å². The second kappa shape index (κ2) is 9.05. The molecule has 0 atom stereocenters. The number of morpholine rings is 1. The van der Waals surface area contributed by atoms with Crippen LogP contribution in [0.25, 0.3) is 0 Å². The van der Waals surface area contributed by atoms with Crippen molar-refractivity contribution in [1.29, 1.82) is 0 Å². The van der Waals surface area contributed by atoms with Crippen LogP contribution < -0.4 is 15.5 Å². The molecule has 1 aromatic carbocycles. The van der Waals surface area contributed by atoms with Crippen LogP contribution in [0, 0.1) is 19.7 Å². The molecule has 1 aliphatic rings. The first-order valence-corrected chi connectivity index (χ1v) is 9.54. The zero-order valence-electron chi connectivity index (χ0n) is 17.0. The van der Waals surface area contributed by atoms with E-state index < -0.39 is 0 Å². The number of guanidine groups is 1. The van der Waals surface area contributed by atoms with Gasteiger partial charge in [-0.15, -0.1) is 0 Å². The van der Waals surface area contributed by atoms with Crippen LogP contribution in [0.15, 0.2) is 23.2 Å². The van der Waals surface area contributed by atoms with Crippen LogP contribution in [0.2, 0.25) is 0 Å². The molecule has 8 heteroatoms. The lowest BCUT2D eigenvalue weighted by molar-refractivity contribution is 0.122. The smallest absolute Gasteiger partial charge is 0.191 e. The van der Waals surface area contributed by atoms with Gasteiger partial charge in [-0.05, 0) is 31.5 Å². The highest BCUT2D eigenvalue weighted by atomic mass is 19.1. The summed E-state index contributed by atoms with van der Waals surface area (Å²) in [5, 5.41) is 11.0. The number of aliphatic imine (C=N–C) groups is 1. The molecule has 0 spiro atoms. The molecule has 28 heavy (non-hydrogen) atoms. The minimum atomic E-state index is -0.203. The lowest BCUT2D eigenvalue weighted by Crippen LogP contribution is -2.37. The third-order valence-electron chi connectivity index (χ3n) is 5.14. The highest BCUT2D eigenvalue weighted by Crippen LogP contribution is 2.21. The molecule has 0 unspecified atom stereocenters. The standard InChI is InChI=1S/C20H29FN6O/c1-14-17(15(2)26(4)25-14)13-24-20(22-3)23-12-16-5-6-19(18(21)11-16)27-7-9-28-10-8-27/h5-6,11H,7-10,12-13H2,1-4H3,(H2,22,23,24). The van der Waals surface area contributed by atoms with Gasteiger partial charge >= 0.3 is 0 Å². The Labute approximate surface area is 165 Å². The average molecular weight is 388 g/mol. The van der Waals surface area contributed by atoms with Crippen LogP contribution >= 0.6 is 0 Å². The van der Waals surface area contributed by atoms with E-state index >= 15 is 0 Å². The molecule has 0 amide bonds. The van der Waals surface area contributed by atoms with Gasteiger partial charge < -0.3 is 20.3 Å². The molecule has 1 saturated heterocycles. The summed E-state index contributed by atoms with van der Waals surface area (Å²) < 4.78 is 21.7. The van der Waals surface area contributed by atoms with Gasteiger partial charge in [0.05, 0.1) is 24.6 Å². The van der Waals surface area contributed by atoms with Crippen molar-refractivity contribution in [2.75, 3.05) is 38.3 Å². The zero-order valence-corrected chi connectivity index (χ0v) is 17.0. The molecule has 1 fully saturated rings. The van der Waals surface area contributed by atoms with Crippen LogP contribution in [0.5, 0.6) is 0 Å². The fourth-order valence-electron chi connectivity index (χ4n) is 3.37. The third-order valence-corrected chi connectivity index (χ3v) is 5.14. The molecule has 152 valence electrons. The van der Waals surface area contributed by atoms with Crippen LogP contribution in [0.4, 0.5) is 10.1 Å². The van der Waals surface area contributed by atoms with Crippen LogP contribution in [0.3, 0.4) is 0 Å². The molecule has 2 aromatic rings. The normalized spacial score (nSPS) is 15.0. The van der Waals surface area contributed by atoms with E-state index in [9.17, 15) is 4.39 Å². The second-order valence-corrected chi connectivity index (χ2v) is 6.94. The zero-order chi connectivity index (χ0) is 20.1. The van der Waals surface area contributed by atoms with Crippen molar-refractivity contribution in [3.63, 3.8) is 0 Å². The van der Waals surface area contributed by atoms with Crippen molar-refractivity contribution >= 4 is 11.6 Å². The van der Waals surface area contributed by atoms with Gasteiger partial charge in [-0.25, -0.2) is 4.39 Å². The summed E-state index contributed by atoms with van der Waals surface area (Å²) in [6.07, 6.45) is 0. The summed E-state index contributed by atoms with van der Waals surface area (Å²) in [4.78, 5) is 6.27. The van der Waals surface area contributed by atoms with E-state index in [1.165, 1.54) is 0 Å². The fraction of sp³-hybridized carbons (Fsp3) is 0.500. The first-order chi connectivity index (χ1) is 13.5. The van der Waals surface area contributed by atoms with E-state index in [0.717, 1.165) is 35.6 Å². The predicted molar refractivity (Wildman–Crippen MR) is 109 cm³/mol. The molecule has 1 aliphatic heterocycles. The molecule has 2 N–H and O–H groups in total. The summed E-state index contributed by atoms with van der Waals surface area (Å²) in [7, 11) is 3.66. The number of aryl methyl sites for hydroxylation is 2. The molecule has 7 nitrogen and oxygen atoms in total. The van der Waals surface area contributed by atoms with Gasteiger partial charge in [-0.1, -0.05) is 6.07 Å². The maximum atomic E-state index is 14.5. The molecule has 1 aromatic heterocycles. The van der Waals surface area contributed by atoms with E-state index in [-0.39, 0.29) is 5.82 Å². The van der Waals surface area contributed by atoms with Gasteiger partial charge in [0, 0.05) is 51.5 Å². The minimum Gasteiger partial charge on any atom is -0.378 e. The van der Waals surface area contributed by atoms with Gasteiger partial charge in [0.25, 0.3) is 0 Å². The Balaban J connectivity index is 1.56. The molecule has 0 bridgehead atoms. The monoisotopic (exact) mass is 388 g/mol. The summed E-state index contributed by atoms with van der Waals surface area (Å²) in [6, 6.07) is 5.38. The Kier molecular flexibility index (Phi) is 6.51. The molecule has 0 radical (unpaired) electrons. The van der Waals surface area contributed by atoms with Crippen molar-refractivity contribution in [2.24, 2.45) is 12.0 Å². The van der Waals surface area contributed by atoms with Crippen LogP contribution in [0.1, 0.15) is 22.5 Å². The molecule has 0 saturated carbocycles. The Bertz CT molecular complexity index is 841. The van der Waals surface area contributed by atoms with Gasteiger partial charge in [-0.3, -0.25) is 9.67 Å². The summed E-state index contributed by atoms with van der Waals surface area (Å²) in [5.74, 6) is 0.464. The highest BCUT2D eigenvalue weighted by Gasteiger charge is 2.15. The number of rotatable bonds is 5. The number of benzene rings is 1. The van der Waals surface area contributed by atoms with Crippen molar-refractivity contribution in [3.05, 3.63) is 46.5 Å². The summed E-state index contributed by atoms with van der Waals surface area (Å²) >= 11 is 0. The third kappa shape index (κ3) is 4.62. The summed E-state index contributed by atoms with van der Waals surface area (Å²) in [5.41, 5.74) is 4.79. The number of nitrogens with zero attached hydrogens (tertiary/aromatic N) is 4. The van der Waals surface area contributed by atoms with E-state index in [1.807, 2.05) is 42.6 Å². The second-order valence-electron chi connectivity index (χ2n) is 6.94. The molecular formula is C20H29FN6O. The number of hydrogen-bond acceptors (Lipinski definition) is 4. The van der Waals surface area contributed by atoms with Crippen molar-refractivity contribution in [2.45, 2.75) is 26.9 Å². The van der Waals surface area contributed by atoms with E-state index in [2.05, 4.69) is 20.7 Å². The van der Waals surface area contributed by atoms with Crippen LogP contribution in [-0.4, -0.2) is 49.1 Å². The van der Waals surface area contributed by atoms with Crippen molar-refractivity contribution in [1.82, 2.24) is 20.4 Å². The predicted octanol–water partition coefficient (Wildman–Crippen LogP) is 1.88. The van der Waals surface area contributed by atoms with E-state index in [0.29, 0.717) is 38.0 Å². The highest BCUT2D eigenvalue weighted by molar-refractivity contribution is 5.79. The van der Waals surface area contributed by atoms with Gasteiger partial charge in [0.2, 0.25) is 0 Å². The Morgan fingerprint density at radius 3 is 2.54 bits per heavy atom. The Hall–Kier alpha value is -2.61. The van der Waals surface area contributed by atoms with Gasteiger partial charge in [0.15, 0.2) is 5.96 Å². The number of anilines is 1. The lowest BCUT2D eigenvalue weighted by Gasteiger charge is -2.29. The largest absolute Gasteiger partial charge is 0.378 e. The quantitative estimate of drug-likeness (QED) is 0.605. The Morgan fingerprint density at radius 2 is 1.93 bits per heavy atom. The maximum Gasteiger partial charge on any atom is 0.191 e. The van der Waals surface area contributed by atoms with Gasteiger partial charge in [-0.2, -0.15) is 5.10 Å². The number of hydrogen-bond donors (Lipinski definition) is 2. The molecule has 2 heterocycles. The topological polar surface area (TPSA) is 66.7 Å². The maximum absolute atomic E-state index is 14.5.